The third-order valence-corrected chi connectivity index (χ3v) is 2.45. The normalized spacial score (nSPS) is 9.83. The van der Waals surface area contributed by atoms with Crippen LogP contribution in [0.3, 0.4) is 0 Å². The molecular weight excluding hydrogens is 235 g/mol. The average molecular weight is 250 g/mol. The summed E-state index contributed by atoms with van der Waals surface area (Å²) in [5.74, 6) is -0.970. The van der Waals surface area contributed by atoms with E-state index in [0.29, 0.717) is 13.2 Å². The number of carbonyl (C=O) groups excluding carboxylic acids is 1. The number of rotatable bonds is 6. The summed E-state index contributed by atoms with van der Waals surface area (Å²) >= 11 is 0. The van der Waals surface area contributed by atoms with Gasteiger partial charge in [-0.1, -0.05) is 12.1 Å². The summed E-state index contributed by atoms with van der Waals surface area (Å²) in [6.45, 7) is 0.962. The molecule has 0 atom stereocenters. The number of carbonyl (C=O) groups is 1. The summed E-state index contributed by atoms with van der Waals surface area (Å²) < 4.78 is 18.4. The number of benzene rings is 1. The molecule has 0 saturated carbocycles. The number of nitriles is 1. The highest BCUT2D eigenvalue weighted by Crippen LogP contribution is 2.10. The number of nitrogens with zero attached hydrogens (tertiary/aromatic N) is 2. The van der Waals surface area contributed by atoms with E-state index in [0.717, 1.165) is 0 Å². The Morgan fingerprint density at radius 2 is 2.17 bits per heavy atom. The van der Waals surface area contributed by atoms with Gasteiger partial charge in [-0.3, -0.25) is 4.79 Å². The Kier molecular flexibility index (Phi) is 5.81. The Morgan fingerprint density at radius 3 is 2.78 bits per heavy atom. The lowest BCUT2D eigenvalue weighted by Crippen LogP contribution is -2.35. The molecule has 4 nitrogen and oxygen atoms in total. The molecule has 5 heteroatoms. The van der Waals surface area contributed by atoms with Crippen molar-refractivity contribution in [3.05, 3.63) is 35.6 Å². The fourth-order valence-electron chi connectivity index (χ4n) is 1.51. The summed E-state index contributed by atoms with van der Waals surface area (Å²) in [6, 6.07) is 7.78. The van der Waals surface area contributed by atoms with Crippen molar-refractivity contribution >= 4 is 5.91 Å². The minimum atomic E-state index is -0.554. The Balaban J connectivity index is 2.81. The van der Waals surface area contributed by atoms with Gasteiger partial charge in [0.25, 0.3) is 5.91 Å². The van der Waals surface area contributed by atoms with E-state index in [4.69, 9.17) is 10.00 Å². The van der Waals surface area contributed by atoms with E-state index < -0.39 is 11.7 Å². The van der Waals surface area contributed by atoms with Crippen molar-refractivity contribution < 1.29 is 13.9 Å². The monoisotopic (exact) mass is 250 g/mol. The van der Waals surface area contributed by atoms with E-state index in [2.05, 4.69) is 0 Å². The maximum Gasteiger partial charge on any atom is 0.256 e. The Labute approximate surface area is 106 Å². The van der Waals surface area contributed by atoms with E-state index in [-0.39, 0.29) is 18.5 Å². The molecule has 0 radical (unpaired) electrons. The summed E-state index contributed by atoms with van der Waals surface area (Å²) in [4.78, 5) is 13.5. The van der Waals surface area contributed by atoms with Crippen molar-refractivity contribution in [2.45, 2.75) is 6.42 Å². The molecular formula is C13H15FN2O2. The van der Waals surface area contributed by atoms with Gasteiger partial charge in [0.2, 0.25) is 0 Å². The maximum absolute atomic E-state index is 13.5. The van der Waals surface area contributed by atoms with Gasteiger partial charge in [0.05, 0.1) is 24.7 Å². The van der Waals surface area contributed by atoms with Crippen molar-refractivity contribution in [1.29, 1.82) is 5.26 Å². The number of halogens is 1. The van der Waals surface area contributed by atoms with Crippen LogP contribution >= 0.6 is 0 Å². The molecule has 96 valence electrons. The van der Waals surface area contributed by atoms with Gasteiger partial charge in [-0.25, -0.2) is 4.39 Å². The standard InChI is InChI=1S/C13H15FN2O2/c1-18-10-9-16(8-4-7-15)13(17)11-5-2-3-6-12(11)14/h2-3,5-6H,4,8-10H2,1H3. The third-order valence-electron chi connectivity index (χ3n) is 2.45. The lowest BCUT2D eigenvalue weighted by Gasteiger charge is -2.21. The topological polar surface area (TPSA) is 53.3 Å². The van der Waals surface area contributed by atoms with Gasteiger partial charge < -0.3 is 9.64 Å². The molecule has 0 heterocycles. The van der Waals surface area contributed by atoms with Gasteiger partial charge in [-0.2, -0.15) is 5.26 Å². The zero-order valence-corrected chi connectivity index (χ0v) is 10.2. The van der Waals surface area contributed by atoms with Gasteiger partial charge in [-0.15, -0.1) is 0 Å². The van der Waals surface area contributed by atoms with E-state index in [9.17, 15) is 9.18 Å². The third kappa shape index (κ3) is 3.82. The molecule has 1 rings (SSSR count). The van der Waals surface area contributed by atoms with Crippen LogP contribution in [0.5, 0.6) is 0 Å². The van der Waals surface area contributed by atoms with Crippen LogP contribution in [0.25, 0.3) is 0 Å². The smallest absolute Gasteiger partial charge is 0.256 e. The van der Waals surface area contributed by atoms with Crippen molar-refractivity contribution in [2.75, 3.05) is 26.8 Å². The fourth-order valence-corrected chi connectivity index (χ4v) is 1.51. The predicted molar refractivity (Wildman–Crippen MR) is 64.4 cm³/mol. The minimum absolute atomic E-state index is 0.0199. The highest BCUT2D eigenvalue weighted by molar-refractivity contribution is 5.94. The van der Waals surface area contributed by atoms with E-state index in [1.54, 1.807) is 6.07 Å². The van der Waals surface area contributed by atoms with Crippen LogP contribution in [-0.2, 0) is 4.74 Å². The first-order chi connectivity index (χ1) is 8.70. The second kappa shape index (κ2) is 7.41. The van der Waals surface area contributed by atoms with Crippen LogP contribution in [0.4, 0.5) is 4.39 Å². The van der Waals surface area contributed by atoms with Crippen LogP contribution in [0.2, 0.25) is 0 Å². The van der Waals surface area contributed by atoms with E-state index in [1.807, 2.05) is 6.07 Å². The van der Waals surface area contributed by atoms with Gasteiger partial charge in [-0.05, 0) is 12.1 Å². The SMILES string of the molecule is COCCN(CCC#N)C(=O)c1ccccc1F. The van der Waals surface area contributed by atoms with E-state index >= 15 is 0 Å². The molecule has 1 aromatic rings. The van der Waals surface area contributed by atoms with Crippen LogP contribution in [-0.4, -0.2) is 37.6 Å². The molecule has 0 spiro atoms. The first kappa shape index (κ1) is 14.1. The molecule has 0 fully saturated rings. The van der Waals surface area contributed by atoms with E-state index in [1.165, 1.54) is 30.2 Å². The molecule has 0 saturated heterocycles. The zero-order valence-electron chi connectivity index (χ0n) is 10.2. The molecule has 0 aliphatic rings. The number of hydrogen-bond acceptors (Lipinski definition) is 3. The van der Waals surface area contributed by atoms with Crippen molar-refractivity contribution in [3.63, 3.8) is 0 Å². The lowest BCUT2D eigenvalue weighted by molar-refractivity contribution is 0.0695. The molecule has 0 aromatic heterocycles. The van der Waals surface area contributed by atoms with Gasteiger partial charge in [0.15, 0.2) is 0 Å². The largest absolute Gasteiger partial charge is 0.383 e. The Hall–Kier alpha value is -1.93. The molecule has 1 amide bonds. The summed E-state index contributed by atoms with van der Waals surface area (Å²) in [6.07, 6.45) is 0.212. The predicted octanol–water partition coefficient (Wildman–Crippen LogP) is 1.83. The molecule has 0 aliphatic heterocycles. The van der Waals surface area contributed by atoms with Crippen molar-refractivity contribution in [1.82, 2.24) is 4.90 Å². The molecule has 0 N–H and O–H groups in total. The first-order valence-corrected chi connectivity index (χ1v) is 5.60. The van der Waals surface area contributed by atoms with Crippen LogP contribution in [0.15, 0.2) is 24.3 Å². The Morgan fingerprint density at radius 1 is 1.44 bits per heavy atom. The highest BCUT2D eigenvalue weighted by Gasteiger charge is 2.18. The summed E-state index contributed by atoms with van der Waals surface area (Å²) in [5, 5.41) is 8.55. The zero-order chi connectivity index (χ0) is 13.4. The lowest BCUT2D eigenvalue weighted by atomic mass is 10.2. The number of hydrogen-bond donors (Lipinski definition) is 0. The summed E-state index contributed by atoms with van der Waals surface area (Å²) in [5.41, 5.74) is 0.0199. The van der Waals surface area contributed by atoms with Gasteiger partial charge in [0, 0.05) is 20.2 Å². The van der Waals surface area contributed by atoms with Crippen molar-refractivity contribution in [3.8, 4) is 6.07 Å². The van der Waals surface area contributed by atoms with Crippen molar-refractivity contribution in [2.24, 2.45) is 0 Å². The summed E-state index contributed by atoms with van der Waals surface area (Å²) in [7, 11) is 1.52. The number of methoxy groups -OCH3 is 1. The highest BCUT2D eigenvalue weighted by atomic mass is 19.1. The maximum atomic E-state index is 13.5. The number of ether oxygens (including phenoxy) is 1. The quantitative estimate of drug-likeness (QED) is 0.774. The number of amides is 1. The fraction of sp³-hybridized carbons (Fsp3) is 0.385. The van der Waals surface area contributed by atoms with Gasteiger partial charge >= 0.3 is 0 Å². The first-order valence-electron chi connectivity index (χ1n) is 5.60. The second-order valence-electron chi connectivity index (χ2n) is 3.67. The molecule has 0 bridgehead atoms. The minimum Gasteiger partial charge on any atom is -0.383 e. The van der Waals surface area contributed by atoms with Crippen LogP contribution in [0.1, 0.15) is 16.8 Å². The molecule has 18 heavy (non-hydrogen) atoms. The van der Waals surface area contributed by atoms with Crippen LogP contribution < -0.4 is 0 Å². The molecule has 0 aliphatic carbocycles. The Bertz CT molecular complexity index is 443. The van der Waals surface area contributed by atoms with Crippen LogP contribution in [0, 0.1) is 17.1 Å². The molecule has 0 unspecified atom stereocenters. The molecule has 1 aromatic carbocycles. The van der Waals surface area contributed by atoms with Gasteiger partial charge in [0.1, 0.15) is 5.82 Å². The average Bonchev–Trinajstić information content (AvgIpc) is 2.39. The second-order valence-corrected chi connectivity index (χ2v) is 3.67.